The van der Waals surface area contributed by atoms with Crippen LogP contribution in [0.15, 0.2) is 64.0 Å². The molecule has 1 aromatic heterocycles. The zero-order chi connectivity index (χ0) is 36.8. The van der Waals surface area contributed by atoms with Gasteiger partial charge < -0.3 is 28.5 Å². The molecule has 0 amide bonds. The summed E-state index contributed by atoms with van der Waals surface area (Å²) in [5.41, 5.74) is 4.55. The zero-order valence-corrected chi connectivity index (χ0v) is 28.6. The molecule has 51 heavy (non-hydrogen) atoms. The number of esters is 1. The van der Waals surface area contributed by atoms with Crippen molar-refractivity contribution in [3.63, 3.8) is 0 Å². The van der Waals surface area contributed by atoms with Gasteiger partial charge in [-0.25, -0.2) is 14.6 Å². The predicted molar refractivity (Wildman–Crippen MR) is 179 cm³/mol. The van der Waals surface area contributed by atoms with Gasteiger partial charge in [0.1, 0.15) is 25.1 Å². The molecule has 1 aliphatic heterocycles. The first kappa shape index (κ1) is 38.2. The highest BCUT2D eigenvalue weighted by Crippen LogP contribution is 2.27. The number of hydrogen-bond donors (Lipinski definition) is 0. The number of halogens is 1. The first-order valence-corrected chi connectivity index (χ1v) is 16.4. The van der Waals surface area contributed by atoms with Crippen LogP contribution in [-0.4, -0.2) is 69.7 Å². The number of nitrogens with zero attached hydrogens (tertiary/aromatic N) is 7. The van der Waals surface area contributed by atoms with Gasteiger partial charge in [-0.05, 0) is 47.6 Å². The Morgan fingerprint density at radius 2 is 1.75 bits per heavy atom. The minimum Gasteiger partial charge on any atom is -0.434 e. The lowest BCUT2D eigenvalue weighted by molar-refractivity contribution is -0.790. The first-order chi connectivity index (χ1) is 24.5. The van der Waals surface area contributed by atoms with E-state index in [-0.39, 0.29) is 43.3 Å². The van der Waals surface area contributed by atoms with Crippen molar-refractivity contribution in [2.45, 2.75) is 71.3 Å². The topological polar surface area (TPSA) is 221 Å². The molecule has 2 aromatic carbocycles. The largest absolute Gasteiger partial charge is 0.511 e. The Labute approximate surface area is 296 Å². The van der Waals surface area contributed by atoms with Crippen LogP contribution in [0.25, 0.3) is 11.1 Å². The fourth-order valence-electron chi connectivity index (χ4n) is 5.13. The predicted octanol–water partition coefficient (Wildman–Crippen LogP) is 6.38. The van der Waals surface area contributed by atoms with Gasteiger partial charge in [0.25, 0.3) is 10.2 Å². The SMILES string of the molecule is CCCCc1nc(Cl)c(C(=O)OC(C)OC(=O)OCCCC[C@H](CO[N+](=O)[O-])O[N+](=O)[O-])n1Cc1ccc(-c2ccccc2C2=NN=NC2)cc1. The fraction of sp³-hybridized carbons (Fsp3) is 0.438. The molecule has 3 aromatic rings. The summed E-state index contributed by atoms with van der Waals surface area (Å²) >= 11 is 6.47. The number of unbranched alkanes of at least 4 members (excludes halogenated alkanes) is 2. The van der Waals surface area contributed by atoms with Crippen LogP contribution in [-0.2, 0) is 36.9 Å². The van der Waals surface area contributed by atoms with Gasteiger partial charge in [0.2, 0.25) is 6.29 Å². The van der Waals surface area contributed by atoms with Crippen molar-refractivity contribution < 1.29 is 43.6 Å². The van der Waals surface area contributed by atoms with Gasteiger partial charge in [0.05, 0.1) is 12.3 Å². The number of rotatable bonds is 20. The van der Waals surface area contributed by atoms with E-state index in [2.05, 4.69) is 30.1 Å². The Balaban J connectivity index is 1.35. The molecule has 4 rings (SSSR count). The highest BCUT2D eigenvalue weighted by Gasteiger charge is 2.26. The monoisotopic (exact) mass is 729 g/mol. The normalized spacial score (nSPS) is 13.2. The van der Waals surface area contributed by atoms with E-state index < -0.39 is 41.3 Å². The van der Waals surface area contributed by atoms with Crippen LogP contribution < -0.4 is 0 Å². The van der Waals surface area contributed by atoms with Crippen LogP contribution in [0.2, 0.25) is 5.15 Å². The maximum absolute atomic E-state index is 13.4. The lowest BCUT2D eigenvalue weighted by atomic mass is 9.96. The average Bonchev–Trinajstić information content (AvgIpc) is 3.74. The van der Waals surface area contributed by atoms with Crippen LogP contribution in [0.3, 0.4) is 0 Å². The average molecular weight is 730 g/mol. The van der Waals surface area contributed by atoms with Crippen molar-refractivity contribution in [2.24, 2.45) is 15.4 Å². The molecule has 18 nitrogen and oxygen atoms in total. The van der Waals surface area contributed by atoms with Crippen molar-refractivity contribution in [1.29, 1.82) is 0 Å². The van der Waals surface area contributed by atoms with Crippen molar-refractivity contribution in [1.82, 2.24) is 9.55 Å². The molecule has 0 saturated heterocycles. The van der Waals surface area contributed by atoms with Crippen molar-refractivity contribution >= 4 is 29.4 Å². The molecule has 1 unspecified atom stereocenters. The smallest absolute Gasteiger partial charge is 0.434 e. The number of carbonyl (C=O) groups excluding carboxylic acids is 2. The quantitative estimate of drug-likeness (QED) is 0.0406. The highest BCUT2D eigenvalue weighted by atomic mass is 35.5. The van der Waals surface area contributed by atoms with E-state index in [0.717, 1.165) is 40.8 Å². The minimum atomic E-state index is -1.36. The Morgan fingerprint density at radius 1 is 1.00 bits per heavy atom. The molecule has 2 heterocycles. The van der Waals surface area contributed by atoms with E-state index in [0.29, 0.717) is 18.8 Å². The summed E-state index contributed by atoms with van der Waals surface area (Å²) in [7, 11) is 0. The number of imidazole rings is 1. The number of benzene rings is 2. The fourth-order valence-corrected chi connectivity index (χ4v) is 5.41. The van der Waals surface area contributed by atoms with E-state index in [1.807, 2.05) is 55.5 Å². The van der Waals surface area contributed by atoms with Gasteiger partial charge in [-0.2, -0.15) is 5.11 Å². The standard InChI is InChI=1S/C32H36ClN7O11/c1-3-4-12-28-35-30(33)29(31(41)49-21(2)50-32(42)47-17-8-7-9-24(51-40(45)46)20-48-39(43)44)38(28)19-22-13-15-23(16-14-22)25-10-5-6-11-26(25)27-18-34-37-36-27/h5-6,10-11,13-16,21,24H,3-4,7-9,12,17-20H2,1-2H3/t21?,24-/m1/s1. The van der Waals surface area contributed by atoms with E-state index in [4.69, 9.17) is 25.8 Å². The molecule has 272 valence electrons. The molecule has 0 aliphatic carbocycles. The summed E-state index contributed by atoms with van der Waals surface area (Å²) < 4.78 is 17.1. The Bertz CT molecular complexity index is 1750. The Kier molecular flexibility index (Phi) is 14.2. The molecule has 2 atom stereocenters. The molecule has 0 fully saturated rings. The zero-order valence-electron chi connectivity index (χ0n) is 27.8. The third kappa shape index (κ3) is 11.4. The molecule has 0 spiro atoms. The van der Waals surface area contributed by atoms with Crippen molar-refractivity contribution in [3.8, 4) is 11.1 Å². The number of aryl methyl sites for hydroxylation is 1. The molecular weight excluding hydrogens is 694 g/mol. The summed E-state index contributed by atoms with van der Waals surface area (Å²) in [6.07, 6.45) is -0.896. The first-order valence-electron chi connectivity index (χ1n) is 16.1. The minimum absolute atomic E-state index is 0.000287. The number of hydrogen-bond acceptors (Lipinski definition) is 15. The van der Waals surface area contributed by atoms with Crippen LogP contribution in [0.1, 0.15) is 73.4 Å². The van der Waals surface area contributed by atoms with Gasteiger partial charge in [-0.1, -0.05) is 73.5 Å². The van der Waals surface area contributed by atoms with Crippen LogP contribution in [0.4, 0.5) is 4.79 Å². The summed E-state index contributed by atoms with van der Waals surface area (Å²) in [6.45, 7) is 3.27. The molecule has 1 aliphatic rings. The van der Waals surface area contributed by atoms with E-state index in [1.54, 1.807) is 4.57 Å². The number of aromatic nitrogens is 2. The second-order valence-electron chi connectivity index (χ2n) is 11.2. The van der Waals surface area contributed by atoms with Crippen molar-refractivity contribution in [3.05, 3.63) is 96.6 Å². The molecule has 0 bridgehead atoms. The summed E-state index contributed by atoms with van der Waals surface area (Å²) in [5, 5.41) is 30.6. The second-order valence-corrected chi connectivity index (χ2v) is 11.5. The molecule has 0 radical (unpaired) electrons. The van der Waals surface area contributed by atoms with Gasteiger partial charge in [0.15, 0.2) is 10.8 Å². The summed E-state index contributed by atoms with van der Waals surface area (Å²) in [4.78, 5) is 59.4. The second kappa shape index (κ2) is 18.9. The van der Waals surface area contributed by atoms with Crippen LogP contribution in [0, 0.1) is 20.2 Å². The van der Waals surface area contributed by atoms with Gasteiger partial charge >= 0.3 is 12.1 Å². The van der Waals surface area contributed by atoms with Crippen LogP contribution >= 0.6 is 11.6 Å². The van der Waals surface area contributed by atoms with Gasteiger partial charge in [0, 0.05) is 25.5 Å². The summed E-state index contributed by atoms with van der Waals surface area (Å²) in [6, 6.07) is 15.7. The van der Waals surface area contributed by atoms with E-state index in [9.17, 15) is 29.8 Å². The molecule has 0 N–H and O–H groups in total. The lowest BCUT2D eigenvalue weighted by Gasteiger charge is -2.16. The third-order valence-corrected chi connectivity index (χ3v) is 7.78. The summed E-state index contributed by atoms with van der Waals surface area (Å²) in [5.74, 6) is -0.262. The Hall–Kier alpha value is -5.65. The number of carbonyl (C=O) groups is 2. The highest BCUT2D eigenvalue weighted by molar-refractivity contribution is 6.32. The van der Waals surface area contributed by atoms with Crippen LogP contribution in [0.5, 0.6) is 0 Å². The van der Waals surface area contributed by atoms with E-state index in [1.165, 1.54) is 6.92 Å². The van der Waals surface area contributed by atoms with Gasteiger partial charge in [-0.15, -0.1) is 25.3 Å². The molecule has 19 heteroatoms. The Morgan fingerprint density at radius 3 is 2.41 bits per heavy atom. The number of ether oxygens (including phenoxy) is 3. The molecular formula is C32H36ClN7O11. The van der Waals surface area contributed by atoms with E-state index >= 15 is 0 Å². The maximum Gasteiger partial charge on any atom is 0.511 e. The van der Waals surface area contributed by atoms with Gasteiger partial charge in [-0.3, -0.25) is 0 Å². The van der Waals surface area contributed by atoms with Crippen molar-refractivity contribution in [2.75, 3.05) is 19.8 Å². The lowest BCUT2D eigenvalue weighted by Crippen LogP contribution is -2.25. The third-order valence-electron chi connectivity index (χ3n) is 7.52. The maximum atomic E-state index is 13.4. The molecule has 0 saturated carbocycles.